The number of nitrogens with one attached hydrogen (secondary N) is 2. The smallest absolute Gasteiger partial charge is 0.262 e. The summed E-state index contributed by atoms with van der Waals surface area (Å²) in [6, 6.07) is 7.74. The first-order valence-electron chi connectivity index (χ1n) is 10.9. The second kappa shape index (κ2) is 7.72. The Morgan fingerprint density at radius 2 is 1.97 bits per heavy atom. The zero-order chi connectivity index (χ0) is 21.5. The van der Waals surface area contributed by atoms with Gasteiger partial charge in [-0.2, -0.15) is 9.78 Å². The van der Waals surface area contributed by atoms with Crippen molar-refractivity contribution in [2.75, 3.05) is 36.4 Å². The molecule has 1 aliphatic heterocycles. The van der Waals surface area contributed by atoms with Crippen LogP contribution in [0.5, 0.6) is 0 Å². The second-order valence-corrected chi connectivity index (χ2v) is 8.16. The minimum atomic E-state index is -0.290. The molecule has 10 nitrogen and oxygen atoms in total. The van der Waals surface area contributed by atoms with Gasteiger partial charge in [0.15, 0.2) is 17.3 Å². The number of piperazine rings is 1. The third-order valence-corrected chi connectivity index (χ3v) is 5.94. The number of pyridine rings is 1. The van der Waals surface area contributed by atoms with Crippen molar-refractivity contribution in [1.29, 1.82) is 0 Å². The van der Waals surface area contributed by atoms with Crippen LogP contribution in [0.25, 0.3) is 11.5 Å². The molecule has 4 aromatic heterocycles. The van der Waals surface area contributed by atoms with Crippen LogP contribution >= 0.6 is 0 Å². The first kappa shape index (κ1) is 18.9. The molecular formula is C22H23N9O. The summed E-state index contributed by atoms with van der Waals surface area (Å²) in [5, 5.41) is 15.4. The topological polar surface area (TPSA) is 105 Å². The van der Waals surface area contributed by atoms with E-state index in [1.165, 1.54) is 24.6 Å². The van der Waals surface area contributed by atoms with Crippen molar-refractivity contribution in [2.24, 2.45) is 0 Å². The zero-order valence-electron chi connectivity index (χ0n) is 17.5. The highest BCUT2D eigenvalue weighted by atomic mass is 16.1. The second-order valence-electron chi connectivity index (χ2n) is 8.16. The molecule has 1 saturated carbocycles. The average molecular weight is 429 g/mol. The van der Waals surface area contributed by atoms with Crippen molar-refractivity contribution in [3.05, 3.63) is 60.2 Å². The van der Waals surface area contributed by atoms with Crippen LogP contribution in [-0.4, -0.2) is 61.4 Å². The number of nitrogens with zero attached hydrogens (tertiary/aromatic N) is 7. The van der Waals surface area contributed by atoms with Gasteiger partial charge >= 0.3 is 0 Å². The summed E-state index contributed by atoms with van der Waals surface area (Å²) < 4.78 is 3.28. The Bertz CT molecular complexity index is 1270. The van der Waals surface area contributed by atoms with Gasteiger partial charge in [-0.1, -0.05) is 6.07 Å². The third kappa shape index (κ3) is 3.48. The maximum Gasteiger partial charge on any atom is 0.262 e. The molecule has 1 aliphatic carbocycles. The molecule has 2 N–H and O–H groups in total. The molecule has 0 spiro atoms. The Morgan fingerprint density at radius 1 is 1.09 bits per heavy atom. The maximum atomic E-state index is 13.1. The van der Waals surface area contributed by atoms with E-state index in [1.807, 2.05) is 18.3 Å². The highest BCUT2D eigenvalue weighted by molar-refractivity contribution is 6.08. The number of amides is 1. The van der Waals surface area contributed by atoms with Crippen LogP contribution in [0.2, 0.25) is 0 Å². The van der Waals surface area contributed by atoms with Crippen LogP contribution < -0.4 is 15.5 Å². The standard InChI is InChI=1S/C22H23N9O/c32-22(17-14-26-30-9-1-6-24-21(17)30)27-19-12-20(29-10-7-23-8-11-29)28-31(19)18-5-4-16(13-25-18)15-2-3-15/h1,4-6,9,12-15,23H,2-3,7-8,10-11H2,(H,27,32). The van der Waals surface area contributed by atoms with Crippen LogP contribution in [-0.2, 0) is 0 Å². The van der Waals surface area contributed by atoms with E-state index in [0.717, 1.165) is 32.0 Å². The lowest BCUT2D eigenvalue weighted by atomic mass is 10.2. The Morgan fingerprint density at radius 3 is 2.75 bits per heavy atom. The predicted octanol–water partition coefficient (Wildman–Crippen LogP) is 1.85. The number of carbonyl (C=O) groups is 1. The first-order chi connectivity index (χ1) is 15.8. The summed E-state index contributed by atoms with van der Waals surface area (Å²) in [4.78, 5) is 24.3. The number of hydrogen-bond acceptors (Lipinski definition) is 7. The van der Waals surface area contributed by atoms with Gasteiger partial charge < -0.3 is 15.5 Å². The number of aromatic nitrogens is 6. The monoisotopic (exact) mass is 429 g/mol. The molecule has 2 aliphatic rings. The van der Waals surface area contributed by atoms with E-state index in [1.54, 1.807) is 27.7 Å². The lowest BCUT2D eigenvalue weighted by Crippen LogP contribution is -2.43. The van der Waals surface area contributed by atoms with Crippen molar-refractivity contribution in [1.82, 2.24) is 34.7 Å². The Hall–Kier alpha value is -3.79. The third-order valence-electron chi connectivity index (χ3n) is 5.94. The highest BCUT2D eigenvalue weighted by Gasteiger charge is 2.25. The van der Waals surface area contributed by atoms with Crippen LogP contribution in [0.4, 0.5) is 11.6 Å². The van der Waals surface area contributed by atoms with Gasteiger partial charge in [-0.25, -0.2) is 14.5 Å². The van der Waals surface area contributed by atoms with E-state index < -0.39 is 0 Å². The largest absolute Gasteiger partial charge is 0.353 e. The van der Waals surface area contributed by atoms with Crippen molar-refractivity contribution in [3.63, 3.8) is 0 Å². The van der Waals surface area contributed by atoms with Crippen LogP contribution in [0, 0.1) is 0 Å². The van der Waals surface area contributed by atoms with E-state index in [4.69, 9.17) is 5.10 Å². The van der Waals surface area contributed by atoms with Gasteiger partial charge in [-0.3, -0.25) is 4.79 Å². The van der Waals surface area contributed by atoms with Crippen LogP contribution in [0.3, 0.4) is 0 Å². The fourth-order valence-corrected chi connectivity index (χ4v) is 4.03. The van der Waals surface area contributed by atoms with E-state index in [0.29, 0.717) is 28.8 Å². The molecule has 32 heavy (non-hydrogen) atoms. The normalized spacial score (nSPS) is 16.4. The summed E-state index contributed by atoms with van der Waals surface area (Å²) in [6.45, 7) is 3.51. The van der Waals surface area contributed by atoms with Gasteiger partial charge in [-0.05, 0) is 36.5 Å². The fraction of sp³-hybridized carbons (Fsp3) is 0.318. The Balaban J connectivity index is 1.35. The van der Waals surface area contributed by atoms with E-state index in [-0.39, 0.29) is 5.91 Å². The van der Waals surface area contributed by atoms with E-state index in [9.17, 15) is 4.79 Å². The van der Waals surface area contributed by atoms with E-state index >= 15 is 0 Å². The fourth-order valence-electron chi connectivity index (χ4n) is 4.03. The summed E-state index contributed by atoms with van der Waals surface area (Å²) in [7, 11) is 0. The van der Waals surface area contributed by atoms with Crippen molar-refractivity contribution >= 4 is 23.2 Å². The first-order valence-corrected chi connectivity index (χ1v) is 10.9. The van der Waals surface area contributed by atoms with Gasteiger partial charge in [0, 0.05) is 50.8 Å². The molecule has 1 amide bonds. The lowest BCUT2D eigenvalue weighted by Gasteiger charge is -2.26. The summed E-state index contributed by atoms with van der Waals surface area (Å²) in [6.07, 6.45) is 9.30. The van der Waals surface area contributed by atoms with E-state index in [2.05, 4.69) is 36.7 Å². The molecule has 0 bridgehead atoms. The number of anilines is 2. The van der Waals surface area contributed by atoms with Crippen molar-refractivity contribution in [2.45, 2.75) is 18.8 Å². The van der Waals surface area contributed by atoms with Gasteiger partial charge in [-0.15, -0.1) is 5.10 Å². The average Bonchev–Trinajstić information content (AvgIpc) is 3.47. The zero-order valence-corrected chi connectivity index (χ0v) is 17.5. The number of carbonyl (C=O) groups excluding carboxylic acids is 1. The van der Waals surface area contributed by atoms with Crippen LogP contribution in [0.15, 0.2) is 49.1 Å². The lowest BCUT2D eigenvalue weighted by molar-refractivity contribution is 0.102. The molecule has 0 unspecified atom stereocenters. The molecule has 10 heteroatoms. The Labute approximate surface area is 184 Å². The highest BCUT2D eigenvalue weighted by Crippen LogP contribution is 2.39. The Kier molecular flexibility index (Phi) is 4.57. The predicted molar refractivity (Wildman–Crippen MR) is 119 cm³/mol. The van der Waals surface area contributed by atoms with Gasteiger partial charge in [0.1, 0.15) is 11.4 Å². The molecule has 0 radical (unpaired) electrons. The SMILES string of the molecule is O=C(Nc1cc(N2CCNCC2)nn1-c1ccc(C2CC2)cn1)c1cnn2cccnc12. The van der Waals surface area contributed by atoms with Crippen molar-refractivity contribution < 1.29 is 4.79 Å². The summed E-state index contributed by atoms with van der Waals surface area (Å²) in [5.41, 5.74) is 2.16. The summed E-state index contributed by atoms with van der Waals surface area (Å²) >= 11 is 0. The quantitative estimate of drug-likeness (QED) is 0.499. The van der Waals surface area contributed by atoms with Gasteiger partial charge in [0.2, 0.25) is 0 Å². The molecule has 0 aromatic carbocycles. The number of fused-ring (bicyclic) bond motifs is 1. The van der Waals surface area contributed by atoms with Crippen LogP contribution in [0.1, 0.15) is 34.7 Å². The molecule has 6 rings (SSSR count). The molecule has 1 saturated heterocycles. The molecular weight excluding hydrogens is 406 g/mol. The number of hydrogen-bond donors (Lipinski definition) is 2. The molecule has 5 heterocycles. The van der Waals surface area contributed by atoms with Gasteiger partial charge in [0.25, 0.3) is 5.91 Å². The summed E-state index contributed by atoms with van der Waals surface area (Å²) in [5.74, 6) is 2.39. The minimum Gasteiger partial charge on any atom is -0.353 e. The molecule has 4 aromatic rings. The van der Waals surface area contributed by atoms with Crippen molar-refractivity contribution in [3.8, 4) is 5.82 Å². The molecule has 162 valence electrons. The minimum absolute atomic E-state index is 0.290. The van der Waals surface area contributed by atoms with Gasteiger partial charge in [0.05, 0.1) is 6.20 Å². The molecule has 0 atom stereocenters. The number of rotatable bonds is 5. The maximum absolute atomic E-state index is 13.1. The molecule has 2 fully saturated rings.